The standard InChI is InChI=1S/C13H14N6O2/c1-7-6-19-11(13(21)16-7)3-10(18-19)12(20)15-5-9-4-14-8(2)17-9/h3-4,6H,5H2,1-2H3,(H,14,17)(H,15,20)(H,16,21). The SMILES string of the molecule is Cc1cn2nc(C(=O)NCc3cnc(C)[nH]3)cc2c(=O)[nH]1. The van der Waals surface area contributed by atoms with Gasteiger partial charge < -0.3 is 15.3 Å². The molecule has 1 amide bonds. The van der Waals surface area contributed by atoms with E-state index in [-0.39, 0.29) is 17.2 Å². The average molecular weight is 286 g/mol. The molecule has 0 aliphatic carbocycles. The van der Waals surface area contributed by atoms with Crippen molar-refractivity contribution in [2.45, 2.75) is 20.4 Å². The Morgan fingerprint density at radius 1 is 1.38 bits per heavy atom. The van der Waals surface area contributed by atoms with Crippen LogP contribution in [0.1, 0.15) is 27.7 Å². The molecule has 0 bridgehead atoms. The van der Waals surface area contributed by atoms with Crippen molar-refractivity contribution >= 4 is 11.4 Å². The lowest BCUT2D eigenvalue weighted by atomic mass is 10.3. The molecule has 3 heterocycles. The molecule has 3 aromatic rings. The van der Waals surface area contributed by atoms with Crippen molar-refractivity contribution in [3.63, 3.8) is 0 Å². The van der Waals surface area contributed by atoms with Gasteiger partial charge in [0.1, 0.15) is 11.3 Å². The molecule has 8 heteroatoms. The van der Waals surface area contributed by atoms with Crippen LogP contribution in [0, 0.1) is 13.8 Å². The number of nitrogens with one attached hydrogen (secondary N) is 3. The molecule has 0 fully saturated rings. The minimum absolute atomic E-state index is 0.197. The van der Waals surface area contributed by atoms with Crippen molar-refractivity contribution in [2.75, 3.05) is 0 Å². The number of nitrogens with zero attached hydrogens (tertiary/aromatic N) is 3. The van der Waals surface area contributed by atoms with Crippen LogP contribution in [-0.2, 0) is 6.54 Å². The number of hydrogen-bond donors (Lipinski definition) is 3. The molecule has 8 nitrogen and oxygen atoms in total. The summed E-state index contributed by atoms with van der Waals surface area (Å²) in [6.07, 6.45) is 3.32. The summed E-state index contributed by atoms with van der Waals surface area (Å²) in [7, 11) is 0. The lowest BCUT2D eigenvalue weighted by Crippen LogP contribution is -2.23. The van der Waals surface area contributed by atoms with Crippen LogP contribution in [-0.4, -0.2) is 30.5 Å². The summed E-state index contributed by atoms with van der Waals surface area (Å²) >= 11 is 0. The van der Waals surface area contributed by atoms with Crippen molar-refractivity contribution in [1.29, 1.82) is 0 Å². The second kappa shape index (κ2) is 4.89. The highest BCUT2D eigenvalue weighted by Crippen LogP contribution is 2.03. The Morgan fingerprint density at radius 3 is 2.90 bits per heavy atom. The second-order valence-electron chi connectivity index (χ2n) is 4.80. The number of aromatic amines is 2. The third kappa shape index (κ3) is 2.55. The Kier molecular flexibility index (Phi) is 3.05. The van der Waals surface area contributed by atoms with Crippen LogP contribution in [0.3, 0.4) is 0 Å². The van der Waals surface area contributed by atoms with Crippen LogP contribution in [0.4, 0.5) is 0 Å². The monoisotopic (exact) mass is 286 g/mol. The average Bonchev–Trinajstić information content (AvgIpc) is 3.02. The van der Waals surface area contributed by atoms with Gasteiger partial charge in [0.25, 0.3) is 11.5 Å². The maximum Gasteiger partial charge on any atom is 0.274 e. The van der Waals surface area contributed by atoms with Crippen LogP contribution < -0.4 is 10.9 Å². The number of aryl methyl sites for hydroxylation is 2. The second-order valence-corrected chi connectivity index (χ2v) is 4.80. The van der Waals surface area contributed by atoms with E-state index in [1.165, 1.54) is 10.6 Å². The Hall–Kier alpha value is -2.90. The summed E-state index contributed by atoms with van der Waals surface area (Å²) in [5.74, 6) is 0.442. The minimum Gasteiger partial charge on any atom is -0.345 e. The van der Waals surface area contributed by atoms with Crippen LogP contribution in [0.5, 0.6) is 0 Å². The van der Waals surface area contributed by atoms with Gasteiger partial charge >= 0.3 is 0 Å². The number of carbonyl (C=O) groups is 1. The predicted molar refractivity (Wildman–Crippen MR) is 75.0 cm³/mol. The zero-order valence-corrected chi connectivity index (χ0v) is 11.6. The molecule has 0 aromatic carbocycles. The van der Waals surface area contributed by atoms with Crippen molar-refractivity contribution in [1.82, 2.24) is 29.9 Å². The molecule has 0 aliphatic heterocycles. The lowest BCUT2D eigenvalue weighted by molar-refractivity contribution is 0.0945. The molecule has 0 saturated heterocycles. The van der Waals surface area contributed by atoms with E-state index in [2.05, 4.69) is 25.4 Å². The van der Waals surface area contributed by atoms with Gasteiger partial charge in [0.2, 0.25) is 0 Å². The number of imidazole rings is 1. The summed E-state index contributed by atoms with van der Waals surface area (Å²) in [5, 5.41) is 6.84. The third-order valence-electron chi connectivity index (χ3n) is 3.02. The number of fused-ring (bicyclic) bond motifs is 1. The molecule has 0 spiro atoms. The summed E-state index contributed by atoms with van der Waals surface area (Å²) < 4.78 is 1.41. The number of rotatable bonds is 3. The number of hydrogen-bond acceptors (Lipinski definition) is 4. The molecule has 0 unspecified atom stereocenters. The Balaban J connectivity index is 1.81. The highest BCUT2D eigenvalue weighted by Gasteiger charge is 2.13. The van der Waals surface area contributed by atoms with Crippen molar-refractivity contribution in [3.8, 4) is 0 Å². The van der Waals surface area contributed by atoms with Crippen LogP contribution >= 0.6 is 0 Å². The van der Waals surface area contributed by atoms with E-state index >= 15 is 0 Å². The number of aromatic nitrogens is 5. The maximum atomic E-state index is 12.1. The van der Waals surface area contributed by atoms with Gasteiger partial charge in [0, 0.05) is 18.0 Å². The van der Waals surface area contributed by atoms with Gasteiger partial charge in [0.05, 0.1) is 18.4 Å². The summed E-state index contributed by atoms with van der Waals surface area (Å²) in [6.45, 7) is 3.91. The fourth-order valence-corrected chi connectivity index (χ4v) is 2.06. The fraction of sp³-hybridized carbons (Fsp3) is 0.231. The van der Waals surface area contributed by atoms with E-state index in [0.717, 1.165) is 11.5 Å². The fourth-order valence-electron chi connectivity index (χ4n) is 2.06. The van der Waals surface area contributed by atoms with E-state index in [9.17, 15) is 9.59 Å². The van der Waals surface area contributed by atoms with Gasteiger partial charge in [-0.2, -0.15) is 5.10 Å². The molecule has 0 aliphatic rings. The summed E-state index contributed by atoms with van der Waals surface area (Å²) in [6, 6.07) is 1.46. The first-order chi connectivity index (χ1) is 10.0. The summed E-state index contributed by atoms with van der Waals surface area (Å²) in [5.41, 5.74) is 1.74. The van der Waals surface area contributed by atoms with E-state index in [4.69, 9.17) is 0 Å². The Labute approximate surface area is 119 Å². The van der Waals surface area contributed by atoms with E-state index in [0.29, 0.717) is 17.8 Å². The third-order valence-corrected chi connectivity index (χ3v) is 3.02. The molecule has 0 radical (unpaired) electrons. The first-order valence-electron chi connectivity index (χ1n) is 6.41. The first-order valence-corrected chi connectivity index (χ1v) is 6.41. The molecule has 0 saturated carbocycles. The van der Waals surface area contributed by atoms with Crippen molar-refractivity contribution in [3.05, 3.63) is 51.7 Å². The lowest BCUT2D eigenvalue weighted by Gasteiger charge is -2.00. The molecular weight excluding hydrogens is 272 g/mol. The van der Waals surface area contributed by atoms with E-state index in [1.54, 1.807) is 19.3 Å². The molecule has 0 atom stereocenters. The minimum atomic E-state index is -0.344. The maximum absolute atomic E-state index is 12.1. The molecular formula is C13H14N6O2. The van der Waals surface area contributed by atoms with Gasteiger partial charge in [-0.25, -0.2) is 9.50 Å². The molecule has 3 N–H and O–H groups in total. The summed E-state index contributed by atoms with van der Waals surface area (Å²) in [4.78, 5) is 33.5. The topological polar surface area (TPSA) is 108 Å². The molecule has 21 heavy (non-hydrogen) atoms. The Bertz CT molecular complexity index is 872. The highest BCUT2D eigenvalue weighted by atomic mass is 16.2. The molecule has 3 rings (SSSR count). The number of H-pyrrole nitrogens is 2. The van der Waals surface area contributed by atoms with E-state index in [1.807, 2.05) is 6.92 Å². The quantitative estimate of drug-likeness (QED) is 0.643. The van der Waals surface area contributed by atoms with Crippen molar-refractivity contribution in [2.24, 2.45) is 0 Å². The Morgan fingerprint density at radius 2 is 2.19 bits per heavy atom. The van der Waals surface area contributed by atoms with Crippen LogP contribution in [0.15, 0.2) is 23.3 Å². The van der Waals surface area contributed by atoms with Gasteiger partial charge in [-0.1, -0.05) is 0 Å². The van der Waals surface area contributed by atoms with Gasteiger partial charge in [-0.05, 0) is 13.8 Å². The number of carbonyl (C=O) groups excluding carboxylic acids is 1. The first kappa shape index (κ1) is 13.1. The van der Waals surface area contributed by atoms with Crippen LogP contribution in [0.2, 0.25) is 0 Å². The zero-order chi connectivity index (χ0) is 15.0. The normalized spacial score (nSPS) is 11.0. The predicted octanol–water partition coefficient (Wildman–Crippen LogP) is 0.293. The smallest absolute Gasteiger partial charge is 0.274 e. The largest absolute Gasteiger partial charge is 0.345 e. The van der Waals surface area contributed by atoms with Gasteiger partial charge in [0.15, 0.2) is 5.69 Å². The van der Waals surface area contributed by atoms with Crippen LogP contribution in [0.25, 0.3) is 5.52 Å². The van der Waals surface area contributed by atoms with E-state index < -0.39 is 0 Å². The van der Waals surface area contributed by atoms with Gasteiger partial charge in [-0.3, -0.25) is 9.59 Å². The number of amides is 1. The zero-order valence-electron chi connectivity index (χ0n) is 11.6. The molecule has 108 valence electrons. The van der Waals surface area contributed by atoms with Crippen molar-refractivity contribution < 1.29 is 4.79 Å². The highest BCUT2D eigenvalue weighted by molar-refractivity contribution is 5.93. The van der Waals surface area contributed by atoms with Gasteiger partial charge in [-0.15, -0.1) is 0 Å². The molecule has 3 aromatic heterocycles.